The van der Waals surface area contributed by atoms with Crippen molar-refractivity contribution in [3.63, 3.8) is 0 Å². The Morgan fingerprint density at radius 3 is 2.94 bits per heavy atom. The van der Waals surface area contributed by atoms with Crippen LogP contribution in [0.15, 0.2) is 0 Å². The van der Waals surface area contributed by atoms with Gasteiger partial charge >= 0.3 is 0 Å². The van der Waals surface area contributed by atoms with Crippen molar-refractivity contribution >= 4 is 18.3 Å². The van der Waals surface area contributed by atoms with Crippen molar-refractivity contribution < 1.29 is 14.3 Å². The number of ether oxygens (including phenoxy) is 2. The van der Waals surface area contributed by atoms with Gasteiger partial charge in [-0.15, -0.1) is 12.4 Å². The molecular formula is C10H21ClN2O3. The van der Waals surface area contributed by atoms with E-state index < -0.39 is 0 Å². The summed E-state index contributed by atoms with van der Waals surface area (Å²) in [7, 11) is 3.48. The lowest BCUT2D eigenvalue weighted by Gasteiger charge is -2.27. The minimum Gasteiger partial charge on any atom is -0.385 e. The lowest BCUT2D eigenvalue weighted by Crippen LogP contribution is -2.51. The van der Waals surface area contributed by atoms with Crippen LogP contribution in [0.2, 0.25) is 0 Å². The number of amides is 1. The number of likely N-dealkylation sites (N-methyl/N-ethyl adjacent to an activating group) is 1. The van der Waals surface area contributed by atoms with E-state index in [1.54, 1.807) is 12.0 Å². The number of halogens is 1. The number of carbonyl (C=O) groups is 1. The lowest BCUT2D eigenvalue weighted by molar-refractivity contribution is -0.135. The molecule has 1 rings (SSSR count). The molecule has 0 saturated carbocycles. The molecule has 0 bridgehead atoms. The van der Waals surface area contributed by atoms with Gasteiger partial charge in [-0.05, 0) is 6.42 Å². The summed E-state index contributed by atoms with van der Waals surface area (Å²) in [5, 5.41) is 3.14. The summed E-state index contributed by atoms with van der Waals surface area (Å²) in [6, 6.07) is -0.175. The molecule has 1 atom stereocenters. The van der Waals surface area contributed by atoms with Crippen molar-refractivity contribution in [1.82, 2.24) is 10.2 Å². The Labute approximate surface area is 103 Å². The molecule has 1 fully saturated rings. The Bertz CT molecular complexity index is 199. The summed E-state index contributed by atoms with van der Waals surface area (Å²) in [5.41, 5.74) is 0. The van der Waals surface area contributed by atoms with E-state index in [0.717, 1.165) is 19.5 Å². The van der Waals surface area contributed by atoms with Gasteiger partial charge in [0.1, 0.15) is 6.04 Å². The second-order valence-electron chi connectivity index (χ2n) is 3.69. The fourth-order valence-corrected chi connectivity index (χ4v) is 1.55. The van der Waals surface area contributed by atoms with Crippen LogP contribution in [0.4, 0.5) is 0 Å². The second kappa shape index (κ2) is 8.75. The van der Waals surface area contributed by atoms with Crippen LogP contribution >= 0.6 is 12.4 Å². The maximum absolute atomic E-state index is 11.8. The van der Waals surface area contributed by atoms with Crippen molar-refractivity contribution in [1.29, 1.82) is 0 Å². The van der Waals surface area contributed by atoms with Crippen molar-refractivity contribution in [2.45, 2.75) is 12.5 Å². The Balaban J connectivity index is 0.00000225. The first-order chi connectivity index (χ1) is 7.25. The van der Waals surface area contributed by atoms with Crippen LogP contribution in [0, 0.1) is 0 Å². The van der Waals surface area contributed by atoms with E-state index in [4.69, 9.17) is 9.47 Å². The Morgan fingerprint density at radius 2 is 2.38 bits per heavy atom. The van der Waals surface area contributed by atoms with Crippen molar-refractivity contribution in [3.8, 4) is 0 Å². The van der Waals surface area contributed by atoms with Crippen LogP contribution in [-0.2, 0) is 14.3 Å². The van der Waals surface area contributed by atoms with Gasteiger partial charge in [0.15, 0.2) is 0 Å². The molecule has 16 heavy (non-hydrogen) atoms. The number of rotatable bonds is 5. The van der Waals surface area contributed by atoms with Crippen molar-refractivity contribution in [3.05, 3.63) is 0 Å². The molecule has 1 heterocycles. The lowest BCUT2D eigenvalue weighted by atomic mass is 10.2. The zero-order valence-electron chi connectivity index (χ0n) is 9.90. The summed E-state index contributed by atoms with van der Waals surface area (Å²) < 4.78 is 10.2. The molecule has 96 valence electrons. The zero-order valence-corrected chi connectivity index (χ0v) is 10.7. The molecule has 1 unspecified atom stereocenters. The highest BCUT2D eigenvalue weighted by molar-refractivity contribution is 5.85. The first-order valence-electron chi connectivity index (χ1n) is 5.30. The molecule has 0 aromatic rings. The molecule has 1 aliphatic heterocycles. The standard InChI is InChI=1S/C10H20N2O3.ClH/c1-12(5-3-6-14-2)10(13)9-8-15-7-4-11-9;/h9,11H,3-8H2,1-2H3;1H. The predicted octanol–water partition coefficient (Wildman–Crippen LogP) is -0.108. The molecule has 0 aromatic carbocycles. The number of hydrogen-bond acceptors (Lipinski definition) is 4. The van der Waals surface area contributed by atoms with Gasteiger partial charge in [0.2, 0.25) is 5.91 Å². The van der Waals surface area contributed by atoms with E-state index in [9.17, 15) is 4.79 Å². The molecule has 0 aliphatic carbocycles. The summed E-state index contributed by atoms with van der Waals surface area (Å²) in [4.78, 5) is 13.6. The molecular weight excluding hydrogens is 232 g/mol. The number of nitrogens with zero attached hydrogens (tertiary/aromatic N) is 1. The largest absolute Gasteiger partial charge is 0.385 e. The first kappa shape index (κ1) is 15.6. The van der Waals surface area contributed by atoms with Crippen LogP contribution in [-0.4, -0.2) is 63.9 Å². The highest BCUT2D eigenvalue weighted by atomic mass is 35.5. The highest BCUT2D eigenvalue weighted by Crippen LogP contribution is 1.99. The van der Waals surface area contributed by atoms with Gasteiger partial charge in [-0.2, -0.15) is 0 Å². The third-order valence-corrected chi connectivity index (χ3v) is 2.44. The van der Waals surface area contributed by atoms with Crippen LogP contribution in [0.25, 0.3) is 0 Å². The third kappa shape index (κ3) is 5.12. The van der Waals surface area contributed by atoms with Gasteiger partial charge in [0, 0.05) is 33.9 Å². The average molecular weight is 253 g/mol. The number of methoxy groups -OCH3 is 1. The second-order valence-corrected chi connectivity index (χ2v) is 3.69. The van der Waals surface area contributed by atoms with E-state index in [-0.39, 0.29) is 24.4 Å². The first-order valence-corrected chi connectivity index (χ1v) is 5.30. The van der Waals surface area contributed by atoms with E-state index in [0.29, 0.717) is 19.8 Å². The number of nitrogens with one attached hydrogen (secondary N) is 1. The minimum absolute atomic E-state index is 0. The number of carbonyl (C=O) groups excluding carboxylic acids is 1. The third-order valence-electron chi connectivity index (χ3n) is 2.44. The highest BCUT2D eigenvalue weighted by Gasteiger charge is 2.23. The molecule has 0 aromatic heterocycles. The van der Waals surface area contributed by atoms with Crippen molar-refractivity contribution in [2.75, 3.05) is 47.1 Å². The fourth-order valence-electron chi connectivity index (χ4n) is 1.55. The molecule has 1 aliphatic rings. The molecule has 1 N–H and O–H groups in total. The van der Waals surface area contributed by atoms with Crippen LogP contribution in [0.3, 0.4) is 0 Å². The number of morpholine rings is 1. The molecule has 0 spiro atoms. The van der Waals surface area contributed by atoms with Gasteiger partial charge in [-0.3, -0.25) is 4.79 Å². The SMILES string of the molecule is COCCCN(C)C(=O)C1COCCN1.Cl. The van der Waals surface area contributed by atoms with E-state index >= 15 is 0 Å². The van der Waals surface area contributed by atoms with Gasteiger partial charge in [0.05, 0.1) is 13.2 Å². The Kier molecular flexibility index (Phi) is 8.56. The minimum atomic E-state index is -0.175. The Morgan fingerprint density at radius 1 is 1.62 bits per heavy atom. The molecule has 1 amide bonds. The molecule has 5 nitrogen and oxygen atoms in total. The average Bonchev–Trinajstić information content (AvgIpc) is 2.29. The monoisotopic (exact) mass is 252 g/mol. The van der Waals surface area contributed by atoms with Gasteiger partial charge in [-0.25, -0.2) is 0 Å². The van der Waals surface area contributed by atoms with E-state index in [1.165, 1.54) is 0 Å². The fraction of sp³-hybridized carbons (Fsp3) is 0.900. The van der Waals surface area contributed by atoms with Gasteiger partial charge in [-0.1, -0.05) is 0 Å². The number of hydrogen-bond donors (Lipinski definition) is 1. The van der Waals surface area contributed by atoms with Crippen molar-refractivity contribution in [2.24, 2.45) is 0 Å². The van der Waals surface area contributed by atoms with E-state index in [1.807, 2.05) is 7.05 Å². The van der Waals surface area contributed by atoms with E-state index in [2.05, 4.69) is 5.32 Å². The molecule has 6 heteroatoms. The predicted molar refractivity (Wildman–Crippen MR) is 64.0 cm³/mol. The molecule has 1 saturated heterocycles. The maximum Gasteiger partial charge on any atom is 0.241 e. The quantitative estimate of drug-likeness (QED) is 0.694. The Hall–Kier alpha value is -0.360. The summed E-state index contributed by atoms with van der Waals surface area (Å²) >= 11 is 0. The van der Waals surface area contributed by atoms with Gasteiger partial charge in [0.25, 0.3) is 0 Å². The van der Waals surface area contributed by atoms with Crippen LogP contribution in [0.1, 0.15) is 6.42 Å². The zero-order chi connectivity index (χ0) is 11.1. The summed E-state index contributed by atoms with van der Waals surface area (Å²) in [6.07, 6.45) is 0.867. The van der Waals surface area contributed by atoms with Crippen LogP contribution in [0.5, 0.6) is 0 Å². The van der Waals surface area contributed by atoms with Crippen LogP contribution < -0.4 is 5.32 Å². The summed E-state index contributed by atoms with van der Waals surface area (Å²) in [6.45, 7) is 3.34. The molecule has 0 radical (unpaired) electrons. The summed E-state index contributed by atoms with van der Waals surface area (Å²) in [5.74, 6) is 0.103. The normalized spacial score (nSPS) is 20.0. The van der Waals surface area contributed by atoms with Gasteiger partial charge < -0.3 is 19.7 Å². The maximum atomic E-state index is 11.8. The topological polar surface area (TPSA) is 50.8 Å². The smallest absolute Gasteiger partial charge is 0.241 e.